The zero-order valence-corrected chi connectivity index (χ0v) is 13.0. The molecule has 0 saturated carbocycles. The fourth-order valence-electron chi connectivity index (χ4n) is 2.35. The highest BCUT2D eigenvalue weighted by Crippen LogP contribution is 2.16. The molecule has 1 fully saturated rings. The van der Waals surface area contributed by atoms with Gasteiger partial charge in [-0.15, -0.1) is 0 Å². The van der Waals surface area contributed by atoms with E-state index in [9.17, 15) is 13.2 Å². The van der Waals surface area contributed by atoms with Crippen LogP contribution in [0.3, 0.4) is 0 Å². The first-order chi connectivity index (χ1) is 9.41. The molecule has 0 atom stereocenters. The standard InChI is InChI=1S/C12H18ClN3O3S/c1-2-10-14-11(20(13,18)19)8-16(10)9-12(17)15-6-4-3-5-7-15/h8H,2-7,9H2,1H3. The van der Waals surface area contributed by atoms with Crippen molar-refractivity contribution in [1.82, 2.24) is 14.5 Å². The van der Waals surface area contributed by atoms with Crippen molar-refractivity contribution in [2.75, 3.05) is 13.1 Å². The first-order valence-corrected chi connectivity index (χ1v) is 9.01. The van der Waals surface area contributed by atoms with E-state index < -0.39 is 9.05 Å². The van der Waals surface area contributed by atoms with Gasteiger partial charge >= 0.3 is 0 Å². The number of nitrogens with zero attached hydrogens (tertiary/aromatic N) is 3. The number of halogens is 1. The van der Waals surface area contributed by atoms with Crippen molar-refractivity contribution < 1.29 is 13.2 Å². The van der Waals surface area contributed by atoms with Crippen molar-refractivity contribution in [3.63, 3.8) is 0 Å². The molecule has 0 radical (unpaired) electrons. The second-order valence-electron chi connectivity index (χ2n) is 4.86. The van der Waals surface area contributed by atoms with Crippen LogP contribution in [0.5, 0.6) is 0 Å². The van der Waals surface area contributed by atoms with Crippen LogP contribution >= 0.6 is 10.7 Å². The van der Waals surface area contributed by atoms with Gasteiger partial charge in [0.1, 0.15) is 12.4 Å². The van der Waals surface area contributed by atoms with E-state index in [0.717, 1.165) is 32.4 Å². The highest BCUT2D eigenvalue weighted by Gasteiger charge is 2.21. The Bertz CT molecular complexity index is 591. The number of carbonyl (C=O) groups is 1. The summed E-state index contributed by atoms with van der Waals surface area (Å²) in [6.07, 6.45) is 5.08. The third-order valence-electron chi connectivity index (χ3n) is 3.42. The molecule has 0 unspecified atom stereocenters. The largest absolute Gasteiger partial charge is 0.341 e. The molecule has 2 heterocycles. The molecule has 1 amide bonds. The fraction of sp³-hybridized carbons (Fsp3) is 0.667. The highest BCUT2D eigenvalue weighted by molar-refractivity contribution is 8.13. The molecule has 6 nitrogen and oxygen atoms in total. The number of amides is 1. The van der Waals surface area contributed by atoms with Gasteiger partial charge in [-0.3, -0.25) is 4.79 Å². The summed E-state index contributed by atoms with van der Waals surface area (Å²) >= 11 is 0. The fourth-order valence-corrected chi connectivity index (χ4v) is 3.04. The molecule has 1 saturated heterocycles. The summed E-state index contributed by atoms with van der Waals surface area (Å²) in [4.78, 5) is 18.0. The lowest BCUT2D eigenvalue weighted by atomic mass is 10.1. The number of piperidine rings is 1. The molecule has 0 spiro atoms. The first-order valence-electron chi connectivity index (χ1n) is 6.70. The molecule has 0 bridgehead atoms. The maximum atomic E-state index is 12.2. The van der Waals surface area contributed by atoms with Gasteiger partial charge in [-0.05, 0) is 19.3 Å². The number of hydrogen-bond donors (Lipinski definition) is 0. The van der Waals surface area contributed by atoms with E-state index in [2.05, 4.69) is 4.98 Å². The van der Waals surface area contributed by atoms with Crippen LogP contribution in [-0.4, -0.2) is 41.9 Å². The predicted molar refractivity (Wildman–Crippen MR) is 75.1 cm³/mol. The number of imidazole rings is 1. The van der Waals surface area contributed by atoms with Crippen molar-refractivity contribution in [3.8, 4) is 0 Å². The Hall–Kier alpha value is -1.08. The molecular weight excluding hydrogens is 302 g/mol. The minimum Gasteiger partial charge on any atom is -0.341 e. The van der Waals surface area contributed by atoms with E-state index in [1.54, 1.807) is 4.57 Å². The van der Waals surface area contributed by atoms with Crippen molar-refractivity contribution >= 4 is 25.6 Å². The molecule has 0 aliphatic carbocycles. The average Bonchev–Trinajstić information content (AvgIpc) is 2.82. The molecule has 8 heteroatoms. The van der Waals surface area contributed by atoms with Gasteiger partial charge in [-0.2, -0.15) is 0 Å². The number of aryl methyl sites for hydroxylation is 1. The molecule has 1 aliphatic heterocycles. The summed E-state index contributed by atoms with van der Waals surface area (Å²) < 4.78 is 24.2. The minimum absolute atomic E-state index is 0.00433. The predicted octanol–water partition coefficient (Wildman–Crippen LogP) is 1.39. The van der Waals surface area contributed by atoms with E-state index >= 15 is 0 Å². The molecule has 1 aromatic heterocycles. The Balaban J connectivity index is 2.15. The van der Waals surface area contributed by atoms with E-state index in [-0.39, 0.29) is 17.5 Å². The SMILES string of the molecule is CCc1nc(S(=O)(=O)Cl)cn1CC(=O)N1CCCCC1. The molecule has 0 aromatic carbocycles. The van der Waals surface area contributed by atoms with Crippen molar-refractivity contribution in [2.45, 2.75) is 44.2 Å². The van der Waals surface area contributed by atoms with Gasteiger partial charge in [0, 0.05) is 36.4 Å². The zero-order valence-electron chi connectivity index (χ0n) is 11.4. The van der Waals surface area contributed by atoms with Crippen LogP contribution < -0.4 is 0 Å². The highest BCUT2D eigenvalue weighted by atomic mass is 35.7. The number of carbonyl (C=O) groups excluding carboxylic acids is 1. The van der Waals surface area contributed by atoms with Gasteiger partial charge in [0.25, 0.3) is 9.05 Å². The average molecular weight is 320 g/mol. The van der Waals surface area contributed by atoms with Gasteiger partial charge in [-0.25, -0.2) is 13.4 Å². The van der Waals surface area contributed by atoms with Crippen LogP contribution in [0.1, 0.15) is 32.0 Å². The van der Waals surface area contributed by atoms with Crippen molar-refractivity contribution in [2.24, 2.45) is 0 Å². The van der Waals surface area contributed by atoms with Crippen LogP contribution in [0.25, 0.3) is 0 Å². The third kappa shape index (κ3) is 3.52. The van der Waals surface area contributed by atoms with E-state index in [4.69, 9.17) is 10.7 Å². The Kier molecular flexibility index (Phi) is 4.70. The molecule has 1 aromatic rings. The van der Waals surface area contributed by atoms with E-state index in [1.165, 1.54) is 6.20 Å². The molecule has 1 aliphatic rings. The number of rotatable bonds is 4. The topological polar surface area (TPSA) is 72.3 Å². The third-order valence-corrected chi connectivity index (χ3v) is 4.59. The monoisotopic (exact) mass is 319 g/mol. The lowest BCUT2D eigenvalue weighted by Gasteiger charge is -2.27. The summed E-state index contributed by atoms with van der Waals surface area (Å²) in [6, 6.07) is 0. The van der Waals surface area contributed by atoms with Crippen LogP contribution in [0, 0.1) is 0 Å². The van der Waals surface area contributed by atoms with Gasteiger partial charge in [0.15, 0.2) is 5.03 Å². The van der Waals surface area contributed by atoms with Crippen LogP contribution in [0.15, 0.2) is 11.2 Å². The molecule has 0 N–H and O–H groups in total. The molecule has 112 valence electrons. The van der Waals surface area contributed by atoms with Crippen molar-refractivity contribution in [1.29, 1.82) is 0 Å². The molecule has 20 heavy (non-hydrogen) atoms. The lowest BCUT2D eigenvalue weighted by Crippen LogP contribution is -2.37. The first kappa shape index (κ1) is 15.3. The Labute approximate surface area is 123 Å². The van der Waals surface area contributed by atoms with Crippen molar-refractivity contribution in [3.05, 3.63) is 12.0 Å². The van der Waals surface area contributed by atoms with Gasteiger partial charge in [0.05, 0.1) is 0 Å². The second kappa shape index (κ2) is 6.13. The normalized spacial score (nSPS) is 16.4. The van der Waals surface area contributed by atoms with Crippen LogP contribution in [-0.2, 0) is 26.8 Å². The summed E-state index contributed by atoms with van der Waals surface area (Å²) in [6.45, 7) is 3.52. The van der Waals surface area contributed by atoms with E-state index in [0.29, 0.717) is 12.2 Å². The van der Waals surface area contributed by atoms with Gasteiger partial charge < -0.3 is 9.47 Å². The molecular formula is C12H18ClN3O3S. The summed E-state index contributed by atoms with van der Waals surface area (Å²) in [5.74, 6) is 0.546. The van der Waals surface area contributed by atoms with Crippen LogP contribution in [0.4, 0.5) is 0 Å². The lowest BCUT2D eigenvalue weighted by molar-refractivity contribution is -0.132. The Morgan fingerprint density at radius 1 is 1.35 bits per heavy atom. The maximum Gasteiger partial charge on any atom is 0.280 e. The summed E-state index contributed by atoms with van der Waals surface area (Å²) in [5, 5.41) is -0.192. The van der Waals surface area contributed by atoms with E-state index in [1.807, 2.05) is 11.8 Å². The van der Waals surface area contributed by atoms with Crippen LogP contribution in [0.2, 0.25) is 0 Å². The quantitative estimate of drug-likeness (QED) is 0.786. The second-order valence-corrected chi connectivity index (χ2v) is 7.37. The number of likely N-dealkylation sites (tertiary alicyclic amines) is 1. The summed E-state index contributed by atoms with van der Waals surface area (Å²) in [7, 11) is 1.43. The summed E-state index contributed by atoms with van der Waals surface area (Å²) in [5.41, 5.74) is 0. The van der Waals surface area contributed by atoms with Gasteiger partial charge in [-0.1, -0.05) is 6.92 Å². The Morgan fingerprint density at radius 3 is 2.55 bits per heavy atom. The maximum absolute atomic E-state index is 12.2. The van der Waals surface area contributed by atoms with Gasteiger partial charge in [0.2, 0.25) is 5.91 Å². The minimum atomic E-state index is -3.86. The smallest absolute Gasteiger partial charge is 0.280 e. The number of hydrogen-bond acceptors (Lipinski definition) is 4. The Morgan fingerprint density at radius 2 is 2.00 bits per heavy atom. The molecule has 2 rings (SSSR count). The number of aromatic nitrogens is 2. The zero-order chi connectivity index (χ0) is 14.8.